The Balaban J connectivity index is 2.22. The molecule has 0 bridgehead atoms. The Kier molecular flexibility index (Phi) is 23.9. The number of alkyl carbamates (subject to hydrolysis) is 5. The molecule has 3 rings (SSSR count). The standard InChI is InChI=1S/C50H89N7O19/c1-17-21-51-33-36(71-40-35(61)32(34(60)31(25-58)69-40)57-45(67)76-50(14,15)16)28(54-38(62)30(59)20-22-52-41(63)72-46(2,3)4)23-29(56-44(66)75-49(11,12)13)37(33)70-39-27(55-43(65)74-48(8,9)10)19-18-26(68-39)24-53-42(64)73-47(5,6)7/h17,26-37,39-40,51,58-61H,1,18-25H2,2-16H3,(H,52,63)(H,53,64)(H,54,62)(H,55,65)(H,56,66)(H,57,67)/t26?,27?,28-,29-,30+,31?,32+,33?,34-,35?,36+,37?,39-,40-/m1/s1. The van der Waals surface area contributed by atoms with Crippen molar-refractivity contribution in [2.75, 3.05) is 26.2 Å². The van der Waals surface area contributed by atoms with E-state index in [2.05, 4.69) is 43.8 Å². The van der Waals surface area contributed by atoms with Crippen molar-refractivity contribution in [3.05, 3.63) is 12.7 Å². The lowest BCUT2D eigenvalue weighted by Crippen LogP contribution is -2.73. The number of carbonyl (C=O) groups is 6. The summed E-state index contributed by atoms with van der Waals surface area (Å²) in [5.74, 6) is -0.960. The summed E-state index contributed by atoms with van der Waals surface area (Å²) in [6.45, 7) is 27.7. The van der Waals surface area contributed by atoms with Crippen LogP contribution in [0.4, 0.5) is 24.0 Å². The minimum absolute atomic E-state index is 0.00834. The molecule has 2 saturated heterocycles. The molecular weight excluding hydrogens is 1000 g/mol. The van der Waals surface area contributed by atoms with Crippen molar-refractivity contribution >= 4 is 36.4 Å². The lowest BCUT2D eigenvalue weighted by atomic mass is 9.81. The lowest BCUT2D eigenvalue weighted by Gasteiger charge is -2.51. The van der Waals surface area contributed by atoms with E-state index in [-0.39, 0.29) is 38.9 Å². The van der Waals surface area contributed by atoms with E-state index >= 15 is 0 Å². The number of rotatable bonds is 18. The molecule has 2 aliphatic heterocycles. The molecule has 11 N–H and O–H groups in total. The number of hydrogen-bond donors (Lipinski definition) is 11. The van der Waals surface area contributed by atoms with Gasteiger partial charge in [0.2, 0.25) is 5.91 Å². The van der Waals surface area contributed by atoms with Crippen LogP contribution in [-0.2, 0) is 47.4 Å². The summed E-state index contributed by atoms with van der Waals surface area (Å²) in [5, 5.41) is 64.2. The van der Waals surface area contributed by atoms with E-state index in [0.717, 1.165) is 0 Å². The Hall–Kier alpha value is -4.80. The molecule has 76 heavy (non-hydrogen) atoms. The van der Waals surface area contributed by atoms with Gasteiger partial charge in [0.15, 0.2) is 12.6 Å². The fourth-order valence-electron chi connectivity index (χ4n) is 8.18. The number of aliphatic hydroxyl groups is 4. The normalized spacial score (nSPS) is 28.8. The molecule has 0 aromatic rings. The van der Waals surface area contributed by atoms with E-state index < -0.39 is 157 Å². The van der Waals surface area contributed by atoms with Gasteiger partial charge in [0.1, 0.15) is 52.4 Å². The Bertz CT molecular complexity index is 1930. The number of hydrogen-bond acceptors (Lipinski definition) is 20. The summed E-state index contributed by atoms with van der Waals surface area (Å²) in [6.07, 6.45) is -16.4. The minimum atomic E-state index is -1.90. The Labute approximate surface area is 446 Å². The van der Waals surface area contributed by atoms with Gasteiger partial charge in [-0.25, -0.2) is 24.0 Å². The van der Waals surface area contributed by atoms with Crippen molar-refractivity contribution in [2.45, 2.75) is 243 Å². The van der Waals surface area contributed by atoms with Crippen LogP contribution in [0.15, 0.2) is 12.7 Å². The van der Waals surface area contributed by atoms with Gasteiger partial charge >= 0.3 is 30.5 Å². The zero-order valence-corrected chi connectivity index (χ0v) is 46.9. The van der Waals surface area contributed by atoms with Crippen molar-refractivity contribution in [3.63, 3.8) is 0 Å². The van der Waals surface area contributed by atoms with Crippen LogP contribution in [-0.4, -0.2) is 197 Å². The maximum Gasteiger partial charge on any atom is 0.408 e. The van der Waals surface area contributed by atoms with E-state index in [0.29, 0.717) is 6.42 Å². The second kappa shape index (κ2) is 27.7. The molecule has 6 unspecified atom stereocenters. The molecule has 1 saturated carbocycles. The van der Waals surface area contributed by atoms with Crippen LogP contribution in [0.5, 0.6) is 0 Å². The highest BCUT2D eigenvalue weighted by Gasteiger charge is 2.54. The Morgan fingerprint density at radius 1 is 0.592 bits per heavy atom. The molecule has 26 heteroatoms. The summed E-state index contributed by atoms with van der Waals surface area (Å²) in [7, 11) is 0. The number of amides is 6. The van der Waals surface area contributed by atoms with E-state index in [1.54, 1.807) is 104 Å². The monoisotopic (exact) mass is 1090 g/mol. The van der Waals surface area contributed by atoms with Gasteiger partial charge in [0.25, 0.3) is 0 Å². The first kappa shape index (κ1) is 65.5. The van der Waals surface area contributed by atoms with Gasteiger partial charge in [-0.3, -0.25) is 4.79 Å². The zero-order valence-electron chi connectivity index (χ0n) is 46.9. The van der Waals surface area contributed by atoms with Gasteiger partial charge in [-0.15, -0.1) is 6.58 Å². The molecular formula is C50H89N7O19. The molecule has 3 aliphatic rings. The number of aliphatic hydroxyl groups excluding tert-OH is 4. The predicted molar refractivity (Wildman–Crippen MR) is 273 cm³/mol. The maximum absolute atomic E-state index is 14.1. The lowest BCUT2D eigenvalue weighted by molar-refractivity contribution is -0.306. The minimum Gasteiger partial charge on any atom is -0.444 e. The van der Waals surface area contributed by atoms with E-state index in [1.807, 2.05) is 0 Å². The summed E-state index contributed by atoms with van der Waals surface area (Å²) in [4.78, 5) is 79.6. The molecule has 0 spiro atoms. The fourth-order valence-corrected chi connectivity index (χ4v) is 8.18. The Morgan fingerprint density at radius 3 is 1.55 bits per heavy atom. The first-order valence-corrected chi connectivity index (χ1v) is 25.7. The van der Waals surface area contributed by atoms with Gasteiger partial charge in [-0.2, -0.15) is 0 Å². The van der Waals surface area contributed by atoms with Crippen LogP contribution >= 0.6 is 0 Å². The van der Waals surface area contributed by atoms with E-state index in [4.69, 9.17) is 42.6 Å². The average molecular weight is 1090 g/mol. The molecule has 14 atom stereocenters. The molecule has 1 aliphatic carbocycles. The number of nitrogens with one attached hydrogen (secondary N) is 7. The maximum atomic E-state index is 14.1. The third-order valence-corrected chi connectivity index (χ3v) is 11.1. The second-order valence-corrected chi connectivity index (χ2v) is 24.0. The molecule has 0 aromatic heterocycles. The molecule has 0 radical (unpaired) electrons. The largest absolute Gasteiger partial charge is 0.444 e. The van der Waals surface area contributed by atoms with Crippen molar-refractivity contribution in [3.8, 4) is 0 Å². The summed E-state index contributed by atoms with van der Waals surface area (Å²) < 4.78 is 53.5. The first-order chi connectivity index (χ1) is 34.9. The van der Waals surface area contributed by atoms with Crippen LogP contribution in [0.1, 0.15) is 130 Å². The van der Waals surface area contributed by atoms with Gasteiger partial charge in [-0.1, -0.05) is 6.08 Å². The molecule has 438 valence electrons. The van der Waals surface area contributed by atoms with Gasteiger partial charge in [0.05, 0.1) is 55.1 Å². The smallest absolute Gasteiger partial charge is 0.408 e. The van der Waals surface area contributed by atoms with E-state index in [1.165, 1.54) is 6.08 Å². The Morgan fingerprint density at radius 2 is 1.05 bits per heavy atom. The van der Waals surface area contributed by atoms with Crippen molar-refractivity contribution in [2.24, 2.45) is 0 Å². The molecule has 26 nitrogen and oxygen atoms in total. The molecule has 2 heterocycles. The topological polar surface area (TPSA) is 351 Å². The van der Waals surface area contributed by atoms with Crippen LogP contribution < -0.4 is 37.2 Å². The van der Waals surface area contributed by atoms with Crippen LogP contribution in [0, 0.1) is 0 Å². The van der Waals surface area contributed by atoms with Crippen LogP contribution in [0.3, 0.4) is 0 Å². The quantitative estimate of drug-likeness (QED) is 0.0692. The number of carbonyl (C=O) groups excluding carboxylic acids is 6. The predicted octanol–water partition coefficient (Wildman–Crippen LogP) is 2.21. The van der Waals surface area contributed by atoms with Crippen molar-refractivity contribution < 1.29 is 91.8 Å². The van der Waals surface area contributed by atoms with Gasteiger partial charge in [0, 0.05) is 19.6 Å². The molecule has 0 aromatic carbocycles. The molecule has 6 amide bonds. The van der Waals surface area contributed by atoms with Gasteiger partial charge < -0.3 is 100 Å². The average Bonchev–Trinajstić information content (AvgIpc) is 3.23. The summed E-state index contributed by atoms with van der Waals surface area (Å²) in [5.41, 5.74) is -4.56. The highest BCUT2D eigenvalue weighted by Crippen LogP contribution is 2.34. The van der Waals surface area contributed by atoms with Crippen molar-refractivity contribution in [1.29, 1.82) is 0 Å². The highest BCUT2D eigenvalue weighted by atomic mass is 16.7. The third kappa shape index (κ3) is 23.0. The van der Waals surface area contributed by atoms with Crippen LogP contribution in [0.25, 0.3) is 0 Å². The fraction of sp³-hybridized carbons (Fsp3) is 0.840. The second-order valence-electron chi connectivity index (χ2n) is 24.0. The SMILES string of the molecule is C=CCNC1C(O[C@H]2OC(CNC(=O)OC(C)(C)C)CCC2NC(=O)OC(C)(C)C)[C@H](NC(=O)OC(C)(C)C)C[C@@H](NC(=O)[C@@H](O)CCNC(=O)OC(C)(C)C)[C@@H]1O[C@H]1OC(CO)[C@@H](O)[C@H](NC(=O)OC(C)(C)C)C1O. The first-order valence-electron chi connectivity index (χ1n) is 25.7. The van der Waals surface area contributed by atoms with Crippen molar-refractivity contribution in [1.82, 2.24) is 37.2 Å². The summed E-state index contributed by atoms with van der Waals surface area (Å²) in [6, 6.07) is -6.21. The highest BCUT2D eigenvalue weighted by molar-refractivity contribution is 5.81. The molecule has 3 fully saturated rings. The van der Waals surface area contributed by atoms with Gasteiger partial charge in [-0.05, 0) is 130 Å². The number of ether oxygens (including phenoxy) is 9. The van der Waals surface area contributed by atoms with Crippen LogP contribution in [0.2, 0.25) is 0 Å². The zero-order chi connectivity index (χ0) is 57.7. The third-order valence-electron chi connectivity index (χ3n) is 11.1. The summed E-state index contributed by atoms with van der Waals surface area (Å²) >= 11 is 0. The van der Waals surface area contributed by atoms with E-state index in [9.17, 15) is 49.2 Å².